The highest BCUT2D eigenvalue weighted by molar-refractivity contribution is 9.10. The molecule has 0 saturated carbocycles. The fourth-order valence-corrected chi connectivity index (χ4v) is 5.39. The predicted molar refractivity (Wildman–Crippen MR) is 148 cm³/mol. The van der Waals surface area contributed by atoms with Crippen molar-refractivity contribution in [2.75, 3.05) is 11.5 Å². The maximum absolute atomic E-state index is 13.2. The van der Waals surface area contributed by atoms with E-state index in [-0.39, 0.29) is 18.3 Å². The Bertz CT molecular complexity index is 1320. The first kappa shape index (κ1) is 25.4. The molecule has 0 aliphatic carbocycles. The summed E-state index contributed by atoms with van der Waals surface area (Å²) in [6.07, 6.45) is 1.80. The first-order valence-corrected chi connectivity index (χ1v) is 13.0. The van der Waals surface area contributed by atoms with Crippen LogP contribution in [0.25, 0.3) is 6.08 Å². The van der Waals surface area contributed by atoms with Crippen molar-refractivity contribution in [3.63, 3.8) is 0 Å². The van der Waals surface area contributed by atoms with Crippen LogP contribution in [0.4, 0.5) is 10.1 Å². The van der Waals surface area contributed by atoms with Crippen LogP contribution in [0.2, 0.25) is 0 Å². The zero-order chi connectivity index (χ0) is 25.1. The first-order valence-electron chi connectivity index (χ1n) is 11.0. The molecule has 8 heteroatoms. The Labute approximate surface area is 222 Å². The third kappa shape index (κ3) is 5.77. The highest BCUT2D eigenvalue weighted by atomic mass is 79.9. The smallest absolute Gasteiger partial charge is 0.270 e. The standard InChI is InChI=1S/C27H23BrFNO3S2/c1-4-32-23-13-19(12-22(28)25(23)33-15-18-6-8-20(29)9-7-18)14-24-26(31)30(27(34)35-24)21-10-5-16(2)17(3)11-21/h5-14H,4,15H2,1-3H3/b24-14-. The highest BCUT2D eigenvalue weighted by Gasteiger charge is 2.33. The topological polar surface area (TPSA) is 38.8 Å². The fraction of sp³-hybridized carbons (Fsp3) is 0.185. The summed E-state index contributed by atoms with van der Waals surface area (Å²) in [5.41, 5.74) is 4.63. The Morgan fingerprint density at radius 1 is 1.06 bits per heavy atom. The van der Waals surface area contributed by atoms with Gasteiger partial charge in [-0.3, -0.25) is 9.69 Å². The molecule has 0 N–H and O–H groups in total. The number of nitrogens with zero attached hydrogens (tertiary/aromatic N) is 1. The minimum Gasteiger partial charge on any atom is -0.490 e. The van der Waals surface area contributed by atoms with Crippen molar-refractivity contribution in [3.8, 4) is 11.5 Å². The highest BCUT2D eigenvalue weighted by Crippen LogP contribution is 2.40. The van der Waals surface area contributed by atoms with Gasteiger partial charge in [0.05, 0.1) is 21.7 Å². The predicted octanol–water partition coefficient (Wildman–Crippen LogP) is 7.59. The first-order chi connectivity index (χ1) is 16.8. The minimum atomic E-state index is -0.294. The molecule has 180 valence electrons. The number of carbonyl (C=O) groups excluding carboxylic acids is 1. The van der Waals surface area contributed by atoms with Crippen molar-refractivity contribution in [1.82, 2.24) is 0 Å². The van der Waals surface area contributed by atoms with Gasteiger partial charge in [0.2, 0.25) is 0 Å². The molecule has 0 radical (unpaired) electrons. The molecular formula is C27H23BrFNO3S2. The van der Waals surface area contributed by atoms with Gasteiger partial charge in [0.1, 0.15) is 12.4 Å². The van der Waals surface area contributed by atoms with Crippen molar-refractivity contribution in [2.24, 2.45) is 0 Å². The van der Waals surface area contributed by atoms with Crippen molar-refractivity contribution in [2.45, 2.75) is 27.4 Å². The molecule has 1 aliphatic rings. The second-order valence-electron chi connectivity index (χ2n) is 7.96. The Balaban J connectivity index is 1.60. The van der Waals surface area contributed by atoms with Gasteiger partial charge < -0.3 is 9.47 Å². The van der Waals surface area contributed by atoms with Gasteiger partial charge in [0, 0.05) is 0 Å². The Morgan fingerprint density at radius 2 is 1.80 bits per heavy atom. The van der Waals surface area contributed by atoms with E-state index in [0.717, 1.165) is 27.9 Å². The summed E-state index contributed by atoms with van der Waals surface area (Å²) in [4.78, 5) is 15.3. The Kier molecular flexibility index (Phi) is 7.94. The maximum Gasteiger partial charge on any atom is 0.270 e. The van der Waals surface area contributed by atoms with Crippen LogP contribution in [0.1, 0.15) is 29.2 Å². The van der Waals surface area contributed by atoms with Crippen LogP contribution in [0.3, 0.4) is 0 Å². The molecule has 3 aromatic carbocycles. The molecule has 0 aromatic heterocycles. The van der Waals surface area contributed by atoms with Crippen LogP contribution in [0.5, 0.6) is 11.5 Å². The number of thioether (sulfide) groups is 1. The lowest BCUT2D eigenvalue weighted by Crippen LogP contribution is -2.27. The Morgan fingerprint density at radius 3 is 2.49 bits per heavy atom. The SMILES string of the molecule is CCOc1cc(/C=C2\SC(=S)N(c3ccc(C)c(C)c3)C2=O)cc(Br)c1OCc1ccc(F)cc1. The summed E-state index contributed by atoms with van der Waals surface area (Å²) in [6.45, 7) is 6.63. The van der Waals surface area contributed by atoms with Gasteiger partial charge in [-0.15, -0.1) is 0 Å². The molecule has 1 fully saturated rings. The molecule has 0 atom stereocenters. The van der Waals surface area contributed by atoms with Crippen molar-refractivity contribution in [3.05, 3.63) is 92.0 Å². The molecule has 4 rings (SSSR count). The number of halogens is 2. The van der Waals surface area contributed by atoms with Crippen LogP contribution >= 0.6 is 39.9 Å². The second-order valence-corrected chi connectivity index (χ2v) is 10.5. The van der Waals surface area contributed by atoms with Crippen molar-refractivity contribution < 1.29 is 18.7 Å². The largest absolute Gasteiger partial charge is 0.490 e. The van der Waals surface area contributed by atoms with Crippen molar-refractivity contribution >= 4 is 61.9 Å². The molecule has 1 aliphatic heterocycles. The van der Waals surface area contributed by atoms with Crippen LogP contribution in [0.15, 0.2) is 64.0 Å². The molecular weight excluding hydrogens is 549 g/mol. The quantitative estimate of drug-likeness (QED) is 0.216. The monoisotopic (exact) mass is 571 g/mol. The maximum atomic E-state index is 13.2. The molecule has 1 heterocycles. The summed E-state index contributed by atoms with van der Waals surface area (Å²) >= 11 is 10.4. The fourth-order valence-electron chi connectivity index (χ4n) is 3.52. The van der Waals surface area contributed by atoms with E-state index in [9.17, 15) is 9.18 Å². The average Bonchev–Trinajstić information content (AvgIpc) is 3.09. The molecule has 1 saturated heterocycles. The van der Waals surface area contributed by atoms with E-state index in [2.05, 4.69) is 15.9 Å². The van der Waals surface area contributed by atoms with Crippen molar-refractivity contribution in [1.29, 1.82) is 0 Å². The van der Waals surface area contributed by atoms with Gasteiger partial charge in [-0.05, 0) is 101 Å². The van der Waals surface area contributed by atoms with Crippen LogP contribution < -0.4 is 14.4 Å². The number of aryl methyl sites for hydroxylation is 2. The molecule has 4 nitrogen and oxygen atoms in total. The van der Waals surface area contributed by atoms with E-state index in [4.69, 9.17) is 21.7 Å². The van der Waals surface area contributed by atoms with E-state index in [0.29, 0.717) is 31.8 Å². The van der Waals surface area contributed by atoms with E-state index >= 15 is 0 Å². The van der Waals surface area contributed by atoms with Crippen LogP contribution in [0, 0.1) is 19.7 Å². The molecule has 0 spiro atoms. The van der Waals surface area contributed by atoms with E-state index in [1.807, 2.05) is 51.1 Å². The van der Waals surface area contributed by atoms with Gasteiger partial charge in [0.25, 0.3) is 5.91 Å². The number of carbonyl (C=O) groups is 1. The molecule has 35 heavy (non-hydrogen) atoms. The Hall–Kier alpha value is -2.68. The lowest BCUT2D eigenvalue weighted by Gasteiger charge is -2.16. The average molecular weight is 573 g/mol. The lowest BCUT2D eigenvalue weighted by molar-refractivity contribution is -0.113. The minimum absolute atomic E-state index is 0.158. The summed E-state index contributed by atoms with van der Waals surface area (Å²) in [7, 11) is 0. The van der Waals surface area contributed by atoms with Gasteiger partial charge >= 0.3 is 0 Å². The third-order valence-electron chi connectivity index (χ3n) is 5.47. The van der Waals surface area contributed by atoms with Crippen LogP contribution in [-0.2, 0) is 11.4 Å². The normalized spacial score (nSPS) is 14.7. The number of rotatable bonds is 7. The number of anilines is 1. The van der Waals surface area contributed by atoms with Crippen LogP contribution in [-0.4, -0.2) is 16.8 Å². The number of amides is 1. The second kappa shape index (κ2) is 10.9. The number of hydrogen-bond acceptors (Lipinski definition) is 5. The molecule has 0 unspecified atom stereocenters. The third-order valence-corrected chi connectivity index (χ3v) is 7.36. The summed E-state index contributed by atoms with van der Waals surface area (Å²) in [5, 5.41) is 0. The number of hydrogen-bond donors (Lipinski definition) is 0. The lowest BCUT2D eigenvalue weighted by atomic mass is 10.1. The molecule has 1 amide bonds. The number of ether oxygens (including phenoxy) is 2. The van der Waals surface area contributed by atoms with E-state index in [1.54, 1.807) is 23.1 Å². The summed E-state index contributed by atoms with van der Waals surface area (Å²) in [6, 6.07) is 15.7. The van der Waals surface area contributed by atoms with Gasteiger partial charge in [-0.1, -0.05) is 42.2 Å². The summed E-state index contributed by atoms with van der Waals surface area (Å²) in [5.74, 6) is 0.627. The molecule has 0 bridgehead atoms. The number of thiocarbonyl (C=S) groups is 1. The van der Waals surface area contributed by atoms with Gasteiger partial charge in [-0.2, -0.15) is 0 Å². The molecule has 3 aromatic rings. The summed E-state index contributed by atoms with van der Waals surface area (Å²) < 4.78 is 26.2. The zero-order valence-corrected chi connectivity index (χ0v) is 22.7. The number of benzene rings is 3. The van der Waals surface area contributed by atoms with E-state index < -0.39 is 0 Å². The zero-order valence-electron chi connectivity index (χ0n) is 19.4. The van der Waals surface area contributed by atoms with Gasteiger partial charge in [0.15, 0.2) is 15.8 Å². The van der Waals surface area contributed by atoms with Gasteiger partial charge in [-0.25, -0.2) is 4.39 Å². The van der Waals surface area contributed by atoms with E-state index in [1.165, 1.54) is 23.9 Å².